The second kappa shape index (κ2) is 3.82. The van der Waals surface area contributed by atoms with Crippen LogP contribution in [0.1, 0.15) is 30.3 Å². The van der Waals surface area contributed by atoms with Gasteiger partial charge in [-0.15, -0.1) is 0 Å². The summed E-state index contributed by atoms with van der Waals surface area (Å²) < 4.78 is 0. The van der Waals surface area contributed by atoms with Crippen LogP contribution in [0.3, 0.4) is 0 Å². The zero-order chi connectivity index (χ0) is 9.97. The van der Waals surface area contributed by atoms with E-state index < -0.39 is 0 Å². The van der Waals surface area contributed by atoms with Crippen molar-refractivity contribution in [2.45, 2.75) is 19.8 Å². The normalized spacial score (nSPS) is 18.5. The van der Waals surface area contributed by atoms with Crippen molar-refractivity contribution in [2.24, 2.45) is 5.92 Å². The molecule has 4 nitrogen and oxygen atoms in total. The number of carbonyl (C=O) groups is 1. The van der Waals surface area contributed by atoms with Crippen molar-refractivity contribution >= 4 is 5.91 Å². The van der Waals surface area contributed by atoms with Gasteiger partial charge in [-0.1, -0.05) is 6.92 Å². The van der Waals surface area contributed by atoms with Crippen molar-refractivity contribution in [1.82, 2.24) is 14.9 Å². The van der Waals surface area contributed by atoms with Gasteiger partial charge in [-0.3, -0.25) is 4.79 Å². The molecule has 4 heteroatoms. The number of rotatable bonds is 1. The number of nitrogens with zero attached hydrogens (tertiary/aromatic N) is 2. The summed E-state index contributed by atoms with van der Waals surface area (Å²) in [5.41, 5.74) is 0.597. The van der Waals surface area contributed by atoms with E-state index in [1.165, 1.54) is 0 Å². The van der Waals surface area contributed by atoms with Crippen molar-refractivity contribution in [3.05, 3.63) is 18.2 Å². The van der Waals surface area contributed by atoms with Gasteiger partial charge in [-0.25, -0.2) is 4.98 Å². The minimum Gasteiger partial charge on any atom is -0.341 e. The van der Waals surface area contributed by atoms with Gasteiger partial charge in [-0.2, -0.15) is 0 Å². The van der Waals surface area contributed by atoms with Crippen LogP contribution < -0.4 is 0 Å². The van der Waals surface area contributed by atoms with E-state index in [4.69, 9.17) is 0 Å². The highest BCUT2D eigenvalue weighted by Gasteiger charge is 2.21. The number of H-pyrrole nitrogens is 1. The van der Waals surface area contributed by atoms with E-state index >= 15 is 0 Å². The Morgan fingerprint density at radius 1 is 1.57 bits per heavy atom. The number of aromatic nitrogens is 2. The SMILES string of the molecule is CC1CCN(C(=O)c2cnc[nH]2)CC1. The standard InChI is InChI=1S/C10H15N3O/c1-8-2-4-13(5-3-8)10(14)9-6-11-7-12-9/h6-8H,2-5H2,1H3,(H,11,12). The van der Waals surface area contributed by atoms with E-state index in [1.54, 1.807) is 12.5 Å². The molecule has 0 atom stereocenters. The number of nitrogens with one attached hydrogen (secondary N) is 1. The Bertz CT molecular complexity index is 299. The van der Waals surface area contributed by atoms with Gasteiger partial charge in [0.05, 0.1) is 12.5 Å². The molecule has 1 aromatic rings. The summed E-state index contributed by atoms with van der Waals surface area (Å²) in [5, 5.41) is 0. The monoisotopic (exact) mass is 193 g/mol. The number of imidazole rings is 1. The lowest BCUT2D eigenvalue weighted by atomic mass is 9.99. The summed E-state index contributed by atoms with van der Waals surface area (Å²) in [6.07, 6.45) is 5.35. The Labute approximate surface area is 83.3 Å². The minimum atomic E-state index is 0.0781. The van der Waals surface area contributed by atoms with Crippen molar-refractivity contribution in [2.75, 3.05) is 13.1 Å². The summed E-state index contributed by atoms with van der Waals surface area (Å²) in [6, 6.07) is 0. The summed E-state index contributed by atoms with van der Waals surface area (Å²) in [4.78, 5) is 20.4. The van der Waals surface area contributed by atoms with E-state index in [-0.39, 0.29) is 5.91 Å². The van der Waals surface area contributed by atoms with Gasteiger partial charge in [-0.05, 0) is 18.8 Å². The van der Waals surface area contributed by atoms with Crippen LogP contribution in [0.15, 0.2) is 12.5 Å². The lowest BCUT2D eigenvalue weighted by molar-refractivity contribution is 0.0692. The third-order valence-corrected chi connectivity index (χ3v) is 2.80. The fourth-order valence-electron chi connectivity index (χ4n) is 1.75. The smallest absolute Gasteiger partial charge is 0.271 e. The molecule has 1 aromatic heterocycles. The molecule has 0 saturated carbocycles. The molecule has 2 rings (SSSR count). The molecule has 0 aromatic carbocycles. The molecule has 2 heterocycles. The van der Waals surface area contributed by atoms with Crippen LogP contribution in [-0.4, -0.2) is 33.9 Å². The lowest BCUT2D eigenvalue weighted by Gasteiger charge is -2.29. The van der Waals surface area contributed by atoms with Gasteiger partial charge in [0.1, 0.15) is 5.69 Å². The predicted molar refractivity (Wildman–Crippen MR) is 52.9 cm³/mol. The first-order chi connectivity index (χ1) is 6.77. The van der Waals surface area contributed by atoms with Gasteiger partial charge in [0.15, 0.2) is 0 Å². The largest absolute Gasteiger partial charge is 0.341 e. The molecule has 0 spiro atoms. The van der Waals surface area contributed by atoms with Crippen LogP contribution in [0.5, 0.6) is 0 Å². The molecule has 1 N–H and O–H groups in total. The molecule has 1 saturated heterocycles. The molecule has 1 amide bonds. The molecule has 1 aliphatic rings. The zero-order valence-corrected chi connectivity index (χ0v) is 8.36. The maximum atomic E-state index is 11.8. The molecular formula is C10H15N3O. The fourth-order valence-corrected chi connectivity index (χ4v) is 1.75. The Balaban J connectivity index is 1.99. The number of hydrogen-bond donors (Lipinski definition) is 1. The predicted octanol–water partition coefficient (Wildman–Crippen LogP) is 1.28. The van der Waals surface area contributed by atoms with Crippen LogP contribution in [0, 0.1) is 5.92 Å². The first-order valence-corrected chi connectivity index (χ1v) is 5.05. The number of likely N-dealkylation sites (tertiary alicyclic amines) is 1. The van der Waals surface area contributed by atoms with Crippen molar-refractivity contribution < 1.29 is 4.79 Å². The van der Waals surface area contributed by atoms with E-state index in [0.29, 0.717) is 5.69 Å². The average Bonchev–Trinajstić information content (AvgIpc) is 2.71. The lowest BCUT2D eigenvalue weighted by Crippen LogP contribution is -2.38. The zero-order valence-electron chi connectivity index (χ0n) is 8.36. The first kappa shape index (κ1) is 9.24. The van der Waals surface area contributed by atoms with Crippen molar-refractivity contribution in [1.29, 1.82) is 0 Å². The van der Waals surface area contributed by atoms with Crippen LogP contribution in [0.25, 0.3) is 0 Å². The third kappa shape index (κ3) is 1.78. The second-order valence-corrected chi connectivity index (χ2v) is 3.94. The summed E-state index contributed by atoms with van der Waals surface area (Å²) >= 11 is 0. The highest BCUT2D eigenvalue weighted by atomic mass is 16.2. The van der Waals surface area contributed by atoms with Crippen LogP contribution in [0.2, 0.25) is 0 Å². The molecule has 1 aliphatic heterocycles. The third-order valence-electron chi connectivity index (χ3n) is 2.80. The Hall–Kier alpha value is -1.32. The second-order valence-electron chi connectivity index (χ2n) is 3.94. The van der Waals surface area contributed by atoms with E-state index in [2.05, 4.69) is 16.9 Å². The topological polar surface area (TPSA) is 49.0 Å². The maximum Gasteiger partial charge on any atom is 0.271 e. The number of carbonyl (C=O) groups excluding carboxylic acids is 1. The summed E-state index contributed by atoms with van der Waals surface area (Å²) in [5.74, 6) is 0.829. The van der Waals surface area contributed by atoms with E-state index in [9.17, 15) is 4.79 Å². The van der Waals surface area contributed by atoms with Gasteiger partial charge >= 0.3 is 0 Å². The van der Waals surface area contributed by atoms with Gasteiger partial charge < -0.3 is 9.88 Å². The first-order valence-electron chi connectivity index (χ1n) is 5.05. The Morgan fingerprint density at radius 2 is 2.29 bits per heavy atom. The number of aromatic amines is 1. The molecule has 1 fully saturated rings. The fraction of sp³-hybridized carbons (Fsp3) is 0.600. The number of hydrogen-bond acceptors (Lipinski definition) is 2. The van der Waals surface area contributed by atoms with E-state index in [0.717, 1.165) is 31.8 Å². The molecule has 14 heavy (non-hydrogen) atoms. The summed E-state index contributed by atoms with van der Waals surface area (Å²) in [7, 11) is 0. The van der Waals surface area contributed by atoms with Gasteiger partial charge in [0.2, 0.25) is 0 Å². The summed E-state index contributed by atoms with van der Waals surface area (Å²) in [6.45, 7) is 3.98. The minimum absolute atomic E-state index is 0.0781. The molecule has 0 radical (unpaired) electrons. The van der Waals surface area contributed by atoms with Crippen LogP contribution in [-0.2, 0) is 0 Å². The maximum absolute atomic E-state index is 11.8. The molecule has 0 unspecified atom stereocenters. The average molecular weight is 193 g/mol. The van der Waals surface area contributed by atoms with Gasteiger partial charge in [0, 0.05) is 13.1 Å². The number of piperidine rings is 1. The molecule has 0 aliphatic carbocycles. The number of amides is 1. The Morgan fingerprint density at radius 3 is 2.86 bits per heavy atom. The Kier molecular flexibility index (Phi) is 2.52. The van der Waals surface area contributed by atoms with Crippen molar-refractivity contribution in [3.8, 4) is 0 Å². The molecule has 76 valence electrons. The van der Waals surface area contributed by atoms with Crippen molar-refractivity contribution in [3.63, 3.8) is 0 Å². The van der Waals surface area contributed by atoms with Gasteiger partial charge in [0.25, 0.3) is 5.91 Å². The molecule has 0 bridgehead atoms. The highest BCUT2D eigenvalue weighted by Crippen LogP contribution is 2.17. The quantitative estimate of drug-likeness (QED) is 0.730. The highest BCUT2D eigenvalue weighted by molar-refractivity contribution is 5.92. The van der Waals surface area contributed by atoms with Crippen LogP contribution >= 0.6 is 0 Å². The van der Waals surface area contributed by atoms with E-state index in [1.807, 2.05) is 4.90 Å². The molecular weight excluding hydrogens is 178 g/mol. The van der Waals surface area contributed by atoms with Crippen LogP contribution in [0.4, 0.5) is 0 Å².